The molecule has 2 nitrogen and oxygen atoms in total. The summed E-state index contributed by atoms with van der Waals surface area (Å²) >= 11 is 7.89. The lowest BCUT2D eigenvalue weighted by atomic mass is 10.1. The second-order valence-electron chi connectivity index (χ2n) is 2.54. The first kappa shape index (κ1) is 10.7. The SMILES string of the molecule is CC(C)(S)[C@H](N)C(=O)SS. The molecule has 1 atom stereocenters. The van der Waals surface area contributed by atoms with Crippen molar-refractivity contribution < 1.29 is 4.79 Å². The first-order valence-corrected chi connectivity index (χ1v) is 5.04. The van der Waals surface area contributed by atoms with Gasteiger partial charge in [0.15, 0.2) is 0 Å². The second kappa shape index (κ2) is 3.90. The van der Waals surface area contributed by atoms with Crippen LogP contribution in [0.5, 0.6) is 0 Å². The van der Waals surface area contributed by atoms with Crippen molar-refractivity contribution in [1.29, 1.82) is 0 Å². The van der Waals surface area contributed by atoms with Gasteiger partial charge < -0.3 is 5.73 Å². The Balaban J connectivity index is 4.08. The molecule has 0 radical (unpaired) electrons. The van der Waals surface area contributed by atoms with E-state index in [9.17, 15) is 4.79 Å². The maximum Gasteiger partial charge on any atom is 0.217 e. The van der Waals surface area contributed by atoms with Crippen LogP contribution in [-0.4, -0.2) is 15.9 Å². The predicted molar refractivity (Wildman–Crippen MR) is 52.6 cm³/mol. The number of nitrogens with two attached hydrogens (primary N) is 1. The summed E-state index contributed by atoms with van der Waals surface area (Å²) in [5, 5.41) is -0.150. The van der Waals surface area contributed by atoms with Crippen LogP contribution in [0.1, 0.15) is 13.8 Å². The van der Waals surface area contributed by atoms with E-state index in [1.54, 1.807) is 13.8 Å². The molecular formula is C5H11NOS3. The highest BCUT2D eigenvalue weighted by Crippen LogP contribution is 2.21. The van der Waals surface area contributed by atoms with Gasteiger partial charge in [0.2, 0.25) is 5.12 Å². The van der Waals surface area contributed by atoms with Gasteiger partial charge >= 0.3 is 0 Å². The highest BCUT2D eigenvalue weighted by atomic mass is 33.1. The van der Waals surface area contributed by atoms with Crippen LogP contribution < -0.4 is 5.73 Å². The van der Waals surface area contributed by atoms with Gasteiger partial charge in [-0.15, -0.1) is 11.7 Å². The average molecular weight is 197 g/mol. The zero-order valence-corrected chi connectivity index (χ0v) is 8.47. The quantitative estimate of drug-likeness (QED) is 0.459. The van der Waals surface area contributed by atoms with E-state index in [1.165, 1.54) is 0 Å². The van der Waals surface area contributed by atoms with E-state index in [2.05, 4.69) is 24.3 Å². The number of carbonyl (C=O) groups is 1. The number of hydrogen-bond acceptors (Lipinski definition) is 5. The molecule has 0 saturated heterocycles. The summed E-state index contributed by atoms with van der Waals surface area (Å²) in [5.74, 6) is 0. The predicted octanol–water partition coefficient (Wildman–Crippen LogP) is 1.13. The number of thiol groups is 2. The normalized spacial score (nSPS) is 14.9. The van der Waals surface area contributed by atoms with Crippen LogP contribution in [0, 0.1) is 0 Å². The van der Waals surface area contributed by atoms with Gasteiger partial charge in [0.1, 0.15) is 0 Å². The molecule has 0 aromatic carbocycles. The molecule has 0 fully saturated rings. The minimum atomic E-state index is -0.557. The fourth-order valence-corrected chi connectivity index (χ4v) is 1.30. The zero-order valence-electron chi connectivity index (χ0n) is 5.87. The summed E-state index contributed by atoms with van der Waals surface area (Å²) < 4.78 is -0.465. The van der Waals surface area contributed by atoms with Crippen molar-refractivity contribution in [1.82, 2.24) is 0 Å². The molecular weight excluding hydrogens is 186 g/mol. The summed E-state index contributed by atoms with van der Waals surface area (Å²) in [4.78, 5) is 10.9. The Bertz CT molecular complexity index is 131. The summed E-state index contributed by atoms with van der Waals surface area (Å²) in [5.41, 5.74) is 5.51. The molecule has 0 rings (SSSR count). The van der Waals surface area contributed by atoms with Crippen molar-refractivity contribution in [3.63, 3.8) is 0 Å². The van der Waals surface area contributed by atoms with Crippen molar-refractivity contribution in [3.05, 3.63) is 0 Å². The van der Waals surface area contributed by atoms with Gasteiger partial charge in [-0.25, -0.2) is 0 Å². The fraction of sp³-hybridized carbons (Fsp3) is 0.800. The molecule has 60 valence electrons. The van der Waals surface area contributed by atoms with E-state index in [-0.39, 0.29) is 5.12 Å². The van der Waals surface area contributed by atoms with Gasteiger partial charge in [-0.1, -0.05) is 0 Å². The zero-order chi connectivity index (χ0) is 8.36. The average Bonchev–Trinajstić information content (AvgIpc) is 1.83. The van der Waals surface area contributed by atoms with Gasteiger partial charge in [0, 0.05) is 4.75 Å². The number of carbonyl (C=O) groups excluding carboxylic acids is 1. The highest BCUT2D eigenvalue weighted by Gasteiger charge is 2.27. The molecule has 0 bridgehead atoms. The van der Waals surface area contributed by atoms with Crippen molar-refractivity contribution in [2.24, 2.45) is 5.73 Å². The minimum absolute atomic E-state index is 0.150. The Hall–Kier alpha value is 0.680. The van der Waals surface area contributed by atoms with Crippen LogP contribution in [0.2, 0.25) is 0 Å². The van der Waals surface area contributed by atoms with Crippen LogP contribution in [0.4, 0.5) is 0 Å². The first-order valence-electron chi connectivity index (χ1n) is 2.73. The largest absolute Gasteiger partial charge is 0.320 e. The smallest absolute Gasteiger partial charge is 0.217 e. The Morgan fingerprint density at radius 1 is 1.70 bits per heavy atom. The molecule has 0 unspecified atom stereocenters. The highest BCUT2D eigenvalue weighted by molar-refractivity contribution is 8.74. The molecule has 10 heavy (non-hydrogen) atoms. The van der Waals surface area contributed by atoms with E-state index in [1.807, 2.05) is 0 Å². The Labute approximate surface area is 75.5 Å². The third-order valence-electron chi connectivity index (χ3n) is 1.11. The maximum atomic E-state index is 10.9. The lowest BCUT2D eigenvalue weighted by molar-refractivity contribution is -0.112. The number of rotatable bonds is 2. The summed E-state index contributed by atoms with van der Waals surface area (Å²) in [6, 6.07) is -0.557. The standard InChI is InChI=1S/C5H11NOS3/c1-5(2,8)3(6)4(7)10-9/h3,8-9H,6H2,1-2H3/t3-/m1/s1. The van der Waals surface area contributed by atoms with Gasteiger partial charge in [-0.05, 0) is 24.6 Å². The van der Waals surface area contributed by atoms with Gasteiger partial charge in [0.25, 0.3) is 0 Å². The van der Waals surface area contributed by atoms with Crippen LogP contribution in [0.3, 0.4) is 0 Å². The molecule has 0 aromatic rings. The maximum absolute atomic E-state index is 10.9. The van der Waals surface area contributed by atoms with E-state index < -0.39 is 10.8 Å². The molecule has 0 heterocycles. The molecule has 0 aliphatic rings. The summed E-state index contributed by atoms with van der Waals surface area (Å²) in [7, 11) is 0.841. The van der Waals surface area contributed by atoms with Gasteiger partial charge in [-0.2, -0.15) is 12.6 Å². The molecule has 2 N–H and O–H groups in total. The molecule has 0 saturated carbocycles. The molecule has 5 heteroatoms. The Morgan fingerprint density at radius 3 is 2.20 bits per heavy atom. The lowest BCUT2D eigenvalue weighted by Gasteiger charge is -2.23. The monoisotopic (exact) mass is 197 g/mol. The van der Waals surface area contributed by atoms with Crippen molar-refractivity contribution in [3.8, 4) is 0 Å². The molecule has 0 aliphatic heterocycles. The van der Waals surface area contributed by atoms with Crippen LogP contribution >= 0.6 is 35.1 Å². The lowest BCUT2D eigenvalue weighted by Crippen LogP contribution is -2.43. The summed E-state index contributed by atoms with van der Waals surface area (Å²) in [6.07, 6.45) is 0. The van der Waals surface area contributed by atoms with Crippen LogP contribution in [0.25, 0.3) is 0 Å². The van der Waals surface area contributed by atoms with E-state index in [4.69, 9.17) is 5.73 Å². The van der Waals surface area contributed by atoms with Crippen molar-refractivity contribution >= 4 is 40.2 Å². The third kappa shape index (κ3) is 3.18. The molecule has 0 aliphatic carbocycles. The van der Waals surface area contributed by atoms with E-state index in [0.717, 1.165) is 10.8 Å². The van der Waals surface area contributed by atoms with Gasteiger partial charge in [-0.3, -0.25) is 4.79 Å². The van der Waals surface area contributed by atoms with Crippen molar-refractivity contribution in [2.45, 2.75) is 24.6 Å². The third-order valence-corrected chi connectivity index (χ3v) is 2.36. The molecule has 0 aromatic heterocycles. The van der Waals surface area contributed by atoms with E-state index >= 15 is 0 Å². The van der Waals surface area contributed by atoms with Gasteiger partial charge in [0.05, 0.1) is 6.04 Å². The van der Waals surface area contributed by atoms with Crippen LogP contribution in [0.15, 0.2) is 0 Å². The molecule has 0 amide bonds. The van der Waals surface area contributed by atoms with Crippen LogP contribution in [-0.2, 0) is 4.79 Å². The first-order chi connectivity index (χ1) is 4.39. The minimum Gasteiger partial charge on any atom is -0.320 e. The Morgan fingerprint density at radius 2 is 2.10 bits per heavy atom. The molecule has 0 spiro atoms. The fourth-order valence-electron chi connectivity index (χ4n) is 0.345. The van der Waals surface area contributed by atoms with Crippen molar-refractivity contribution in [2.75, 3.05) is 0 Å². The number of hydrogen-bond donors (Lipinski definition) is 3. The summed E-state index contributed by atoms with van der Waals surface area (Å²) in [6.45, 7) is 3.59. The Kier molecular flexibility index (Phi) is 4.16. The second-order valence-corrected chi connectivity index (χ2v) is 4.83. The topological polar surface area (TPSA) is 43.1 Å². The van der Waals surface area contributed by atoms with E-state index in [0.29, 0.717) is 0 Å².